The zero-order chi connectivity index (χ0) is 11.1. The van der Waals surface area contributed by atoms with Crippen molar-refractivity contribution in [2.75, 3.05) is 5.75 Å². The minimum Gasteiger partial charge on any atom is -0.317 e. The highest BCUT2D eigenvalue weighted by molar-refractivity contribution is 7.94. The van der Waals surface area contributed by atoms with E-state index in [-0.39, 0.29) is 22.1 Å². The quantitative estimate of drug-likeness (QED) is 0.725. The lowest BCUT2D eigenvalue weighted by Crippen LogP contribution is -2.17. The monoisotopic (exact) mass is 244 g/mol. The number of nitrogens with zero attached hydrogens (tertiary/aromatic N) is 1. The van der Waals surface area contributed by atoms with Gasteiger partial charge in [-0.1, -0.05) is 0 Å². The smallest absolute Gasteiger partial charge is 0.251 e. The van der Waals surface area contributed by atoms with Crippen molar-refractivity contribution in [1.82, 2.24) is 9.55 Å². The van der Waals surface area contributed by atoms with Gasteiger partial charge in [0, 0.05) is 17.7 Å². The second-order valence-electron chi connectivity index (χ2n) is 3.24. The van der Waals surface area contributed by atoms with E-state index in [1.807, 2.05) is 0 Å². The third kappa shape index (κ3) is 2.07. The Morgan fingerprint density at radius 1 is 1.53 bits per heavy atom. The fourth-order valence-corrected chi connectivity index (χ4v) is 3.00. The summed E-state index contributed by atoms with van der Waals surface area (Å²) in [5.41, 5.74) is -0.291. The number of sulfone groups is 1. The third-order valence-corrected chi connectivity index (χ3v) is 3.81. The molecule has 1 aliphatic heterocycles. The van der Waals surface area contributed by atoms with E-state index in [0.717, 1.165) is 0 Å². The summed E-state index contributed by atoms with van der Waals surface area (Å²) < 4.78 is 24.2. The van der Waals surface area contributed by atoms with Crippen molar-refractivity contribution in [2.45, 2.75) is 6.04 Å². The van der Waals surface area contributed by atoms with Crippen molar-refractivity contribution in [2.24, 2.45) is 0 Å². The lowest BCUT2D eigenvalue weighted by molar-refractivity contribution is 0.587. The van der Waals surface area contributed by atoms with Crippen LogP contribution in [0.15, 0.2) is 28.5 Å². The average molecular weight is 244 g/mol. The molecule has 0 fully saturated rings. The summed E-state index contributed by atoms with van der Waals surface area (Å²) in [4.78, 5) is 13.3. The Morgan fingerprint density at radius 2 is 2.27 bits per heavy atom. The summed E-state index contributed by atoms with van der Waals surface area (Å²) in [5, 5.41) is 1.17. The van der Waals surface area contributed by atoms with Crippen LogP contribution in [0, 0.1) is 4.77 Å². The van der Waals surface area contributed by atoms with Gasteiger partial charge in [-0.05, 0) is 18.3 Å². The third-order valence-electron chi connectivity index (χ3n) is 2.12. The molecule has 1 aromatic rings. The Bertz CT molecular complexity index is 624. The molecular formula is C8H8N2O3S2. The van der Waals surface area contributed by atoms with Crippen LogP contribution in [0.1, 0.15) is 6.04 Å². The van der Waals surface area contributed by atoms with E-state index in [1.54, 1.807) is 10.6 Å². The maximum Gasteiger partial charge on any atom is 0.251 e. The second kappa shape index (κ2) is 3.42. The van der Waals surface area contributed by atoms with Crippen LogP contribution in [0.3, 0.4) is 0 Å². The summed E-state index contributed by atoms with van der Waals surface area (Å²) in [6.07, 6.45) is 3.06. The minimum atomic E-state index is -3.11. The van der Waals surface area contributed by atoms with Gasteiger partial charge in [-0.3, -0.25) is 9.78 Å². The summed E-state index contributed by atoms with van der Waals surface area (Å²) in [6.45, 7) is 0. The number of allylic oxidation sites excluding steroid dienone is 1. The molecule has 5 nitrogen and oxygen atoms in total. The predicted octanol–water partition coefficient (Wildman–Crippen LogP) is 0.389. The van der Waals surface area contributed by atoms with Gasteiger partial charge in [-0.2, -0.15) is 0 Å². The zero-order valence-corrected chi connectivity index (χ0v) is 9.22. The fourth-order valence-electron chi connectivity index (χ4n) is 1.42. The van der Waals surface area contributed by atoms with Crippen molar-refractivity contribution >= 4 is 22.1 Å². The number of nitrogens with one attached hydrogen (secondary N) is 1. The molecule has 0 aromatic carbocycles. The molecule has 0 spiro atoms. The highest BCUT2D eigenvalue weighted by atomic mass is 32.2. The van der Waals surface area contributed by atoms with E-state index >= 15 is 0 Å². The zero-order valence-electron chi connectivity index (χ0n) is 7.58. The molecule has 0 radical (unpaired) electrons. The minimum absolute atomic E-state index is 0.00660. The summed E-state index contributed by atoms with van der Waals surface area (Å²) in [6, 6.07) is 0.994. The standard InChI is InChI=1S/C8H8N2O3S2/c11-7-1-3-10(8(14)9-7)6-2-4-15(12,13)5-6/h1-4,6H,5H2,(H,9,11,14). The van der Waals surface area contributed by atoms with Gasteiger partial charge in [0.05, 0.1) is 11.8 Å². The Balaban J connectivity index is 2.46. The topological polar surface area (TPSA) is 71.9 Å². The average Bonchev–Trinajstić information content (AvgIpc) is 2.46. The SMILES string of the molecule is O=c1ccn(C2C=CS(=O)(=O)C2)c(=S)[nH]1. The van der Waals surface area contributed by atoms with E-state index < -0.39 is 9.84 Å². The molecule has 1 atom stereocenters. The van der Waals surface area contributed by atoms with Crippen molar-refractivity contribution < 1.29 is 8.42 Å². The number of hydrogen-bond donors (Lipinski definition) is 1. The van der Waals surface area contributed by atoms with E-state index in [9.17, 15) is 13.2 Å². The molecule has 0 saturated carbocycles. The van der Waals surface area contributed by atoms with Gasteiger partial charge in [0.25, 0.3) is 5.56 Å². The Morgan fingerprint density at radius 3 is 2.80 bits per heavy atom. The van der Waals surface area contributed by atoms with Crippen LogP contribution in [0.2, 0.25) is 0 Å². The van der Waals surface area contributed by atoms with Gasteiger partial charge in [-0.15, -0.1) is 0 Å². The molecule has 1 aromatic heterocycles. The lowest BCUT2D eigenvalue weighted by atomic mass is 10.3. The molecule has 2 rings (SSSR count). The molecule has 2 heterocycles. The molecule has 0 saturated heterocycles. The van der Waals surface area contributed by atoms with E-state index in [2.05, 4.69) is 4.98 Å². The van der Waals surface area contributed by atoms with Crippen molar-refractivity contribution in [1.29, 1.82) is 0 Å². The summed E-state index contributed by atoms with van der Waals surface area (Å²) >= 11 is 4.93. The first-order valence-electron chi connectivity index (χ1n) is 4.20. The van der Waals surface area contributed by atoms with Gasteiger partial charge in [0.2, 0.25) is 0 Å². The number of aromatic amines is 1. The van der Waals surface area contributed by atoms with Crippen LogP contribution in [-0.4, -0.2) is 23.7 Å². The van der Waals surface area contributed by atoms with Gasteiger partial charge in [0.15, 0.2) is 14.6 Å². The van der Waals surface area contributed by atoms with Gasteiger partial charge < -0.3 is 4.57 Å². The maximum atomic E-state index is 11.2. The molecule has 80 valence electrons. The van der Waals surface area contributed by atoms with Crippen molar-refractivity contribution in [3.05, 3.63) is 38.9 Å². The number of H-pyrrole nitrogens is 1. The first-order valence-corrected chi connectivity index (χ1v) is 6.33. The molecular weight excluding hydrogens is 236 g/mol. The molecule has 1 aliphatic rings. The molecule has 0 amide bonds. The number of rotatable bonds is 1. The first-order chi connectivity index (χ1) is 6.98. The maximum absolute atomic E-state index is 11.2. The van der Waals surface area contributed by atoms with E-state index in [0.29, 0.717) is 0 Å². The molecule has 1 unspecified atom stereocenters. The normalized spacial score (nSPS) is 23.1. The van der Waals surface area contributed by atoms with E-state index in [4.69, 9.17) is 12.2 Å². The van der Waals surface area contributed by atoms with Crippen LogP contribution < -0.4 is 5.56 Å². The molecule has 15 heavy (non-hydrogen) atoms. The van der Waals surface area contributed by atoms with Gasteiger partial charge in [-0.25, -0.2) is 8.42 Å². The van der Waals surface area contributed by atoms with Crippen LogP contribution in [-0.2, 0) is 9.84 Å². The van der Waals surface area contributed by atoms with E-state index in [1.165, 1.54) is 17.7 Å². The van der Waals surface area contributed by atoms with Crippen LogP contribution in [0.5, 0.6) is 0 Å². The Hall–Kier alpha value is -1.21. The van der Waals surface area contributed by atoms with Crippen LogP contribution in [0.25, 0.3) is 0 Å². The number of hydrogen-bond acceptors (Lipinski definition) is 4. The molecule has 7 heteroatoms. The molecule has 0 aliphatic carbocycles. The Labute approximate surface area is 91.0 Å². The highest BCUT2D eigenvalue weighted by Gasteiger charge is 2.22. The molecule has 0 bridgehead atoms. The number of aromatic nitrogens is 2. The fraction of sp³-hybridized carbons (Fsp3) is 0.250. The lowest BCUT2D eigenvalue weighted by Gasteiger charge is -2.10. The first kappa shape index (κ1) is 10.3. The van der Waals surface area contributed by atoms with Crippen molar-refractivity contribution in [3.63, 3.8) is 0 Å². The predicted molar refractivity (Wildman–Crippen MR) is 57.9 cm³/mol. The van der Waals surface area contributed by atoms with Crippen LogP contribution in [0.4, 0.5) is 0 Å². The Kier molecular flexibility index (Phi) is 2.35. The largest absolute Gasteiger partial charge is 0.317 e. The van der Waals surface area contributed by atoms with Crippen LogP contribution >= 0.6 is 12.2 Å². The van der Waals surface area contributed by atoms with Gasteiger partial charge in [0.1, 0.15) is 0 Å². The van der Waals surface area contributed by atoms with Crippen molar-refractivity contribution in [3.8, 4) is 0 Å². The second-order valence-corrected chi connectivity index (χ2v) is 5.56. The molecule has 1 N–H and O–H groups in total. The summed E-state index contributed by atoms with van der Waals surface area (Å²) in [5.74, 6) is -0.00660. The highest BCUT2D eigenvalue weighted by Crippen LogP contribution is 2.19. The van der Waals surface area contributed by atoms with Gasteiger partial charge >= 0.3 is 0 Å². The summed E-state index contributed by atoms with van der Waals surface area (Å²) in [7, 11) is -3.11.